The van der Waals surface area contributed by atoms with E-state index in [1.54, 1.807) is 0 Å². The van der Waals surface area contributed by atoms with Crippen LogP contribution in [0.1, 0.15) is 44.5 Å². The third-order valence-corrected chi connectivity index (χ3v) is 3.51. The number of aromatic amines is 1. The summed E-state index contributed by atoms with van der Waals surface area (Å²) in [6.07, 6.45) is 0.775. The maximum absolute atomic E-state index is 12.4. The number of benzene rings is 1. The maximum Gasteiger partial charge on any atom is 0.192 e. The Hall–Kier alpha value is -1.57. The fourth-order valence-corrected chi connectivity index (χ4v) is 2.52. The van der Waals surface area contributed by atoms with Crippen LogP contribution in [0.5, 0.6) is 0 Å². The van der Waals surface area contributed by atoms with Crippen molar-refractivity contribution in [1.29, 1.82) is 0 Å². The average molecular weight is 243 g/mol. The van der Waals surface area contributed by atoms with Gasteiger partial charge < -0.3 is 4.98 Å². The molecule has 0 spiro atoms. The lowest BCUT2D eigenvalue weighted by atomic mass is 9.85. The van der Waals surface area contributed by atoms with E-state index >= 15 is 0 Å². The second-order valence-electron chi connectivity index (χ2n) is 5.89. The topological polar surface area (TPSA) is 32.9 Å². The van der Waals surface area contributed by atoms with Gasteiger partial charge in [-0.05, 0) is 30.4 Å². The van der Waals surface area contributed by atoms with E-state index < -0.39 is 0 Å². The second kappa shape index (κ2) is 4.27. The highest BCUT2D eigenvalue weighted by atomic mass is 16.1. The number of pyridine rings is 1. The fraction of sp³-hybridized carbons (Fsp3) is 0.438. The molecule has 0 saturated carbocycles. The highest BCUT2D eigenvalue weighted by molar-refractivity contribution is 5.83. The molecule has 0 unspecified atom stereocenters. The minimum Gasteiger partial charge on any atom is -0.358 e. The van der Waals surface area contributed by atoms with E-state index in [-0.39, 0.29) is 10.8 Å². The molecule has 2 nitrogen and oxygen atoms in total. The first-order valence-electron chi connectivity index (χ1n) is 6.51. The van der Waals surface area contributed by atoms with Gasteiger partial charge in [-0.15, -0.1) is 0 Å². The van der Waals surface area contributed by atoms with Crippen molar-refractivity contribution in [3.8, 4) is 0 Å². The molecule has 0 saturated heterocycles. The molecule has 2 heteroatoms. The number of H-pyrrole nitrogens is 1. The van der Waals surface area contributed by atoms with Crippen molar-refractivity contribution < 1.29 is 0 Å². The van der Waals surface area contributed by atoms with Gasteiger partial charge in [-0.2, -0.15) is 0 Å². The lowest BCUT2D eigenvalue weighted by Crippen LogP contribution is -2.17. The number of hydrogen-bond acceptors (Lipinski definition) is 1. The van der Waals surface area contributed by atoms with Crippen molar-refractivity contribution >= 4 is 10.9 Å². The predicted molar refractivity (Wildman–Crippen MR) is 77.4 cm³/mol. The highest BCUT2D eigenvalue weighted by Crippen LogP contribution is 2.28. The predicted octanol–water partition coefficient (Wildman–Crippen LogP) is 3.70. The van der Waals surface area contributed by atoms with E-state index in [0.717, 1.165) is 28.6 Å². The van der Waals surface area contributed by atoms with Gasteiger partial charge in [-0.25, -0.2) is 0 Å². The minimum atomic E-state index is 0.0304. The van der Waals surface area contributed by atoms with E-state index in [0.29, 0.717) is 0 Å². The number of rotatable bonds is 1. The first-order chi connectivity index (χ1) is 8.36. The zero-order valence-electron chi connectivity index (χ0n) is 11.8. The van der Waals surface area contributed by atoms with Gasteiger partial charge >= 0.3 is 0 Å². The number of fused-ring (bicyclic) bond motifs is 1. The van der Waals surface area contributed by atoms with Gasteiger partial charge in [-0.1, -0.05) is 39.8 Å². The zero-order chi connectivity index (χ0) is 13.5. The Labute approximate surface area is 108 Å². The number of aryl methyl sites for hydroxylation is 1. The van der Waals surface area contributed by atoms with Crippen LogP contribution >= 0.6 is 0 Å². The van der Waals surface area contributed by atoms with Crippen LogP contribution in [0.25, 0.3) is 10.9 Å². The lowest BCUT2D eigenvalue weighted by Gasteiger charge is -2.21. The first kappa shape index (κ1) is 12.9. The van der Waals surface area contributed by atoms with Crippen LogP contribution in [-0.2, 0) is 11.8 Å². The van der Waals surface area contributed by atoms with E-state index in [2.05, 4.69) is 31.8 Å². The quantitative estimate of drug-likeness (QED) is 0.814. The standard InChI is InChI=1S/C16H21NO/c1-6-11-10(2)17-14-12(15(11)18)8-7-9-13(14)16(3,4)5/h7-9H,6H2,1-5H3,(H,17,18). The summed E-state index contributed by atoms with van der Waals surface area (Å²) in [4.78, 5) is 15.9. The van der Waals surface area contributed by atoms with Gasteiger partial charge in [0.25, 0.3) is 0 Å². The SMILES string of the molecule is CCc1c(C)[nH]c2c(C(C)(C)C)cccc2c1=O. The monoisotopic (exact) mass is 243 g/mol. The van der Waals surface area contributed by atoms with Crippen LogP contribution in [-0.4, -0.2) is 4.98 Å². The summed E-state index contributed by atoms with van der Waals surface area (Å²) in [5.41, 5.74) is 4.28. The summed E-state index contributed by atoms with van der Waals surface area (Å²) in [5.74, 6) is 0. The van der Waals surface area contributed by atoms with Crippen LogP contribution in [0.3, 0.4) is 0 Å². The number of hydrogen-bond donors (Lipinski definition) is 1. The minimum absolute atomic E-state index is 0.0304. The van der Waals surface area contributed by atoms with Gasteiger partial charge in [0.1, 0.15) is 0 Å². The average Bonchev–Trinajstić information content (AvgIpc) is 2.27. The van der Waals surface area contributed by atoms with Crippen molar-refractivity contribution in [1.82, 2.24) is 4.98 Å². The molecule has 18 heavy (non-hydrogen) atoms. The van der Waals surface area contributed by atoms with Crippen molar-refractivity contribution in [2.75, 3.05) is 0 Å². The number of nitrogens with one attached hydrogen (secondary N) is 1. The summed E-state index contributed by atoms with van der Waals surface area (Å²) in [6, 6.07) is 6.00. The molecule has 1 aromatic heterocycles. The molecule has 1 N–H and O–H groups in total. The molecule has 0 amide bonds. The summed E-state index contributed by atoms with van der Waals surface area (Å²) >= 11 is 0. The Bertz CT molecular complexity index is 644. The van der Waals surface area contributed by atoms with Crippen LogP contribution in [0.15, 0.2) is 23.0 Å². The summed E-state index contributed by atoms with van der Waals surface area (Å²) in [6.45, 7) is 10.5. The number of para-hydroxylation sites is 1. The van der Waals surface area contributed by atoms with Crippen molar-refractivity contribution in [3.63, 3.8) is 0 Å². The Balaban J connectivity index is 2.93. The fourth-order valence-electron chi connectivity index (χ4n) is 2.52. The molecule has 0 radical (unpaired) electrons. The molecule has 2 aromatic rings. The van der Waals surface area contributed by atoms with Gasteiger partial charge in [0.05, 0.1) is 5.52 Å². The molecule has 2 rings (SSSR count). The van der Waals surface area contributed by atoms with Gasteiger partial charge in [0.15, 0.2) is 5.43 Å². The smallest absolute Gasteiger partial charge is 0.192 e. The van der Waals surface area contributed by atoms with E-state index in [9.17, 15) is 4.79 Å². The van der Waals surface area contributed by atoms with Crippen LogP contribution in [0.4, 0.5) is 0 Å². The van der Waals surface area contributed by atoms with Gasteiger partial charge in [-0.3, -0.25) is 4.79 Å². The van der Waals surface area contributed by atoms with Gasteiger partial charge in [0, 0.05) is 16.6 Å². The van der Waals surface area contributed by atoms with Crippen molar-refractivity contribution in [2.45, 2.75) is 46.5 Å². The Morgan fingerprint density at radius 3 is 2.44 bits per heavy atom. The lowest BCUT2D eigenvalue weighted by molar-refractivity contribution is 0.594. The number of aromatic nitrogens is 1. The molecule has 0 atom stereocenters. The van der Waals surface area contributed by atoms with Crippen molar-refractivity contribution in [2.24, 2.45) is 0 Å². The molecule has 0 aliphatic heterocycles. The van der Waals surface area contributed by atoms with Gasteiger partial charge in [0.2, 0.25) is 0 Å². The molecule has 96 valence electrons. The maximum atomic E-state index is 12.4. The summed E-state index contributed by atoms with van der Waals surface area (Å²) < 4.78 is 0. The molecule has 1 heterocycles. The third kappa shape index (κ3) is 1.96. The molecule has 0 fully saturated rings. The zero-order valence-corrected chi connectivity index (χ0v) is 11.8. The van der Waals surface area contributed by atoms with Crippen LogP contribution in [0, 0.1) is 6.92 Å². The largest absolute Gasteiger partial charge is 0.358 e. The van der Waals surface area contributed by atoms with Crippen LogP contribution in [0.2, 0.25) is 0 Å². The molecule has 0 bridgehead atoms. The van der Waals surface area contributed by atoms with Crippen molar-refractivity contribution in [3.05, 3.63) is 45.2 Å². The molecular formula is C16H21NO. The second-order valence-corrected chi connectivity index (χ2v) is 5.89. The Morgan fingerprint density at radius 1 is 1.22 bits per heavy atom. The van der Waals surface area contributed by atoms with E-state index in [1.165, 1.54) is 5.56 Å². The molecule has 0 aliphatic carbocycles. The molecule has 1 aromatic carbocycles. The molecule has 0 aliphatic rings. The highest BCUT2D eigenvalue weighted by Gasteiger charge is 2.19. The van der Waals surface area contributed by atoms with E-state index in [4.69, 9.17) is 0 Å². The van der Waals surface area contributed by atoms with Crippen LogP contribution < -0.4 is 5.43 Å². The first-order valence-corrected chi connectivity index (χ1v) is 6.51. The summed E-state index contributed by atoms with van der Waals surface area (Å²) in [7, 11) is 0. The Kier molecular flexibility index (Phi) is 3.05. The molecular weight excluding hydrogens is 222 g/mol. The van der Waals surface area contributed by atoms with E-state index in [1.807, 2.05) is 26.0 Å². The Morgan fingerprint density at radius 2 is 1.89 bits per heavy atom. The third-order valence-electron chi connectivity index (χ3n) is 3.51. The summed E-state index contributed by atoms with van der Waals surface area (Å²) in [5, 5.41) is 0.810. The normalized spacial score (nSPS) is 12.1.